The molecule has 1 heterocycles. The molecule has 0 aliphatic carbocycles. The lowest BCUT2D eigenvalue weighted by molar-refractivity contribution is -0.143. The fraction of sp³-hybridized carbons (Fsp3) is 0.448. The number of phenolic OH excluding ortho intramolecular Hbond substituents is 1. The minimum absolute atomic E-state index is 0.0455. The second-order valence-electron chi connectivity index (χ2n) is 10.5. The van der Waals surface area contributed by atoms with Crippen molar-refractivity contribution in [3.63, 3.8) is 0 Å². The Kier molecular flexibility index (Phi) is 9.69. The number of phenols is 1. The van der Waals surface area contributed by atoms with E-state index in [1.54, 1.807) is 32.0 Å². The standard InChI is InChI=1S/C29H39N5O5/c1-17(2)22-14-23(24(35)15-25(22)39-5)26(30)34(27(31)28(36)32-18(3)4)21-8-6-19(7-9-21)16-33-12-10-20(11-13-33)29(37)38/h6-9,14-15,17-18,20,30-31,35H,10-13,16H2,1-5H3,(H,32,36)(H,37,38). The summed E-state index contributed by atoms with van der Waals surface area (Å²) in [4.78, 5) is 27.5. The molecule has 0 atom stereocenters. The summed E-state index contributed by atoms with van der Waals surface area (Å²) >= 11 is 0. The maximum Gasteiger partial charge on any atom is 0.306 e. The van der Waals surface area contributed by atoms with Crippen molar-refractivity contribution in [1.82, 2.24) is 10.2 Å². The van der Waals surface area contributed by atoms with E-state index in [2.05, 4.69) is 10.2 Å². The predicted molar refractivity (Wildman–Crippen MR) is 151 cm³/mol. The van der Waals surface area contributed by atoms with Crippen LogP contribution in [0.4, 0.5) is 5.69 Å². The summed E-state index contributed by atoms with van der Waals surface area (Å²) in [5.41, 5.74) is 2.38. The Bertz CT molecular complexity index is 1220. The zero-order valence-corrected chi connectivity index (χ0v) is 23.2. The average molecular weight is 538 g/mol. The number of hydrogen-bond acceptors (Lipinski definition) is 7. The summed E-state index contributed by atoms with van der Waals surface area (Å²) in [7, 11) is 1.51. The molecule has 1 fully saturated rings. The monoisotopic (exact) mass is 537 g/mol. The van der Waals surface area contributed by atoms with E-state index in [1.807, 2.05) is 26.0 Å². The maximum absolute atomic E-state index is 12.9. The van der Waals surface area contributed by atoms with Crippen molar-refractivity contribution in [3.05, 3.63) is 53.1 Å². The molecule has 0 unspecified atom stereocenters. The number of methoxy groups -OCH3 is 1. The summed E-state index contributed by atoms with van der Waals surface area (Å²) in [6.07, 6.45) is 1.23. The number of likely N-dealkylation sites (tertiary alicyclic amines) is 1. The van der Waals surface area contributed by atoms with Gasteiger partial charge in [0, 0.05) is 24.3 Å². The van der Waals surface area contributed by atoms with Crippen LogP contribution in [0.25, 0.3) is 0 Å². The van der Waals surface area contributed by atoms with Crippen LogP contribution in [-0.2, 0) is 16.1 Å². The number of benzene rings is 2. The molecular formula is C29H39N5O5. The molecule has 5 N–H and O–H groups in total. The lowest BCUT2D eigenvalue weighted by atomic mass is 9.97. The number of piperidine rings is 1. The second-order valence-corrected chi connectivity index (χ2v) is 10.5. The Morgan fingerprint density at radius 3 is 2.23 bits per heavy atom. The molecule has 0 spiro atoms. The van der Waals surface area contributed by atoms with Gasteiger partial charge in [-0.2, -0.15) is 0 Å². The Hall–Kier alpha value is -3.92. The first-order valence-electron chi connectivity index (χ1n) is 13.2. The van der Waals surface area contributed by atoms with Crippen molar-refractivity contribution < 1.29 is 24.5 Å². The van der Waals surface area contributed by atoms with Gasteiger partial charge in [0.1, 0.15) is 17.3 Å². The number of amidine groups is 2. The average Bonchev–Trinajstić information content (AvgIpc) is 2.89. The molecule has 3 rings (SSSR count). The van der Waals surface area contributed by atoms with Gasteiger partial charge in [0.05, 0.1) is 18.6 Å². The van der Waals surface area contributed by atoms with Gasteiger partial charge in [-0.05, 0) is 75.0 Å². The highest BCUT2D eigenvalue weighted by Gasteiger charge is 2.28. The third-order valence-corrected chi connectivity index (χ3v) is 6.84. The highest BCUT2D eigenvalue weighted by atomic mass is 16.5. The Balaban J connectivity index is 1.92. The van der Waals surface area contributed by atoms with Gasteiger partial charge in [-0.25, -0.2) is 0 Å². The molecular weight excluding hydrogens is 498 g/mol. The third-order valence-electron chi connectivity index (χ3n) is 6.84. The Morgan fingerprint density at radius 1 is 1.10 bits per heavy atom. The summed E-state index contributed by atoms with van der Waals surface area (Å²) in [5.74, 6) is -1.99. The topological polar surface area (TPSA) is 150 Å². The molecule has 0 aromatic heterocycles. The number of aromatic hydroxyl groups is 1. The normalized spacial score (nSPS) is 14.3. The van der Waals surface area contributed by atoms with Crippen LogP contribution >= 0.6 is 0 Å². The van der Waals surface area contributed by atoms with Crippen LogP contribution in [0.15, 0.2) is 36.4 Å². The number of rotatable bonds is 8. The summed E-state index contributed by atoms with van der Waals surface area (Å²) in [6.45, 7) is 9.57. The lowest BCUT2D eigenvalue weighted by Crippen LogP contribution is -2.47. The first-order valence-corrected chi connectivity index (χ1v) is 13.2. The first kappa shape index (κ1) is 29.6. The number of anilines is 1. The fourth-order valence-electron chi connectivity index (χ4n) is 4.67. The van der Waals surface area contributed by atoms with Crippen molar-refractivity contribution >= 4 is 29.2 Å². The maximum atomic E-state index is 12.9. The summed E-state index contributed by atoms with van der Waals surface area (Å²) in [5, 5.41) is 40.4. The van der Waals surface area contributed by atoms with E-state index in [0.717, 1.165) is 11.1 Å². The van der Waals surface area contributed by atoms with Gasteiger partial charge in [0.2, 0.25) is 0 Å². The van der Waals surface area contributed by atoms with Crippen LogP contribution in [0, 0.1) is 16.7 Å². The van der Waals surface area contributed by atoms with Crippen LogP contribution in [0.2, 0.25) is 0 Å². The molecule has 0 radical (unpaired) electrons. The second kappa shape index (κ2) is 12.8. The number of amides is 1. The number of ether oxygens (including phenoxy) is 1. The van der Waals surface area contributed by atoms with Gasteiger partial charge in [-0.15, -0.1) is 0 Å². The van der Waals surface area contributed by atoms with E-state index in [-0.39, 0.29) is 35.0 Å². The van der Waals surface area contributed by atoms with E-state index in [1.165, 1.54) is 18.1 Å². The van der Waals surface area contributed by atoms with Crippen molar-refractivity contribution in [1.29, 1.82) is 10.8 Å². The molecule has 1 amide bonds. The quantitative estimate of drug-likeness (QED) is 0.251. The smallest absolute Gasteiger partial charge is 0.306 e. The fourth-order valence-corrected chi connectivity index (χ4v) is 4.67. The molecule has 0 bridgehead atoms. The first-order chi connectivity index (χ1) is 18.4. The van der Waals surface area contributed by atoms with Crippen LogP contribution in [0.3, 0.4) is 0 Å². The molecule has 1 aliphatic rings. The molecule has 0 saturated carbocycles. The number of carbonyl (C=O) groups is 2. The predicted octanol–water partition coefficient (Wildman–Crippen LogP) is 4.15. The third kappa shape index (κ3) is 7.14. The van der Waals surface area contributed by atoms with Gasteiger partial charge in [0.15, 0.2) is 5.84 Å². The summed E-state index contributed by atoms with van der Waals surface area (Å²) < 4.78 is 5.41. The molecule has 2 aromatic rings. The lowest BCUT2D eigenvalue weighted by Gasteiger charge is -2.30. The number of carboxylic acids is 1. The van der Waals surface area contributed by atoms with Crippen molar-refractivity contribution in [2.24, 2.45) is 5.92 Å². The van der Waals surface area contributed by atoms with Crippen LogP contribution < -0.4 is 15.0 Å². The van der Waals surface area contributed by atoms with E-state index in [9.17, 15) is 19.8 Å². The summed E-state index contributed by atoms with van der Waals surface area (Å²) in [6, 6.07) is 10.1. The molecule has 1 aliphatic heterocycles. The van der Waals surface area contributed by atoms with E-state index in [4.69, 9.17) is 15.6 Å². The van der Waals surface area contributed by atoms with Crippen molar-refractivity contribution in [2.75, 3.05) is 25.1 Å². The molecule has 39 heavy (non-hydrogen) atoms. The van der Waals surface area contributed by atoms with Crippen LogP contribution in [0.1, 0.15) is 63.1 Å². The highest BCUT2D eigenvalue weighted by molar-refractivity contribution is 6.48. The molecule has 1 saturated heterocycles. The van der Waals surface area contributed by atoms with Gasteiger partial charge in [-0.3, -0.25) is 30.2 Å². The number of nitrogens with one attached hydrogen (secondary N) is 3. The number of carbonyl (C=O) groups excluding carboxylic acids is 1. The number of hydrogen-bond donors (Lipinski definition) is 5. The minimum Gasteiger partial charge on any atom is -0.507 e. The molecule has 10 nitrogen and oxygen atoms in total. The molecule has 2 aromatic carbocycles. The zero-order valence-electron chi connectivity index (χ0n) is 23.2. The molecule has 10 heteroatoms. The van der Waals surface area contributed by atoms with E-state index in [0.29, 0.717) is 43.9 Å². The van der Waals surface area contributed by atoms with Gasteiger partial charge in [0.25, 0.3) is 5.91 Å². The SMILES string of the molecule is COc1cc(O)c(C(=N)N(C(=N)C(=O)NC(C)C)c2ccc(CN3CCC(C(=O)O)CC3)cc2)cc1C(C)C. The Morgan fingerprint density at radius 2 is 1.72 bits per heavy atom. The van der Waals surface area contributed by atoms with Crippen LogP contribution in [-0.4, -0.2) is 64.9 Å². The Labute approximate surface area is 229 Å². The van der Waals surface area contributed by atoms with Crippen LogP contribution in [0.5, 0.6) is 11.5 Å². The zero-order chi connectivity index (χ0) is 28.9. The largest absolute Gasteiger partial charge is 0.507 e. The van der Waals surface area contributed by atoms with Gasteiger partial charge >= 0.3 is 5.97 Å². The van der Waals surface area contributed by atoms with Gasteiger partial charge in [-0.1, -0.05) is 26.0 Å². The number of aliphatic carboxylic acids is 1. The van der Waals surface area contributed by atoms with E-state index >= 15 is 0 Å². The minimum atomic E-state index is -0.742. The van der Waals surface area contributed by atoms with Crippen molar-refractivity contribution in [2.45, 2.75) is 59.0 Å². The molecule has 210 valence electrons. The van der Waals surface area contributed by atoms with E-state index < -0.39 is 17.7 Å². The number of nitrogens with zero attached hydrogens (tertiary/aromatic N) is 2. The van der Waals surface area contributed by atoms with Crippen molar-refractivity contribution in [3.8, 4) is 11.5 Å². The van der Waals surface area contributed by atoms with Gasteiger partial charge < -0.3 is 20.3 Å². The number of carboxylic acid groups (broad SMARTS) is 1. The highest BCUT2D eigenvalue weighted by Crippen LogP contribution is 2.34.